The Kier molecular flexibility index (Phi) is 3.70. The van der Waals surface area contributed by atoms with Gasteiger partial charge in [-0.2, -0.15) is 5.26 Å². The Morgan fingerprint density at radius 1 is 0.929 bits per heavy atom. The molecule has 5 rings (SSSR count). The summed E-state index contributed by atoms with van der Waals surface area (Å²) >= 11 is 0. The molecule has 2 heterocycles. The number of nitrogens with zero attached hydrogens (tertiary/aromatic N) is 3. The first kappa shape index (κ1) is 16.3. The van der Waals surface area contributed by atoms with Crippen molar-refractivity contribution in [2.45, 2.75) is 6.92 Å². The summed E-state index contributed by atoms with van der Waals surface area (Å²) in [6.07, 6.45) is 4.11. The van der Waals surface area contributed by atoms with Crippen molar-refractivity contribution in [2.75, 3.05) is 0 Å². The van der Waals surface area contributed by atoms with Gasteiger partial charge in [0, 0.05) is 34.4 Å². The average Bonchev–Trinajstić information content (AvgIpc) is 3.10. The van der Waals surface area contributed by atoms with Gasteiger partial charge in [0.15, 0.2) is 0 Å². The fourth-order valence-electron chi connectivity index (χ4n) is 3.85. The Balaban J connectivity index is 1.72. The van der Waals surface area contributed by atoms with E-state index in [4.69, 9.17) is 5.26 Å². The molecule has 0 amide bonds. The van der Waals surface area contributed by atoms with Crippen LogP contribution in [0.2, 0.25) is 0 Å². The van der Waals surface area contributed by atoms with Gasteiger partial charge in [-0.25, -0.2) is 0 Å². The van der Waals surface area contributed by atoms with Gasteiger partial charge >= 0.3 is 0 Å². The molecular formula is C25H17N3. The summed E-state index contributed by atoms with van der Waals surface area (Å²) in [5.41, 5.74) is 7.37. The molecule has 5 aromatic rings. The Bertz CT molecular complexity index is 1370. The molecule has 28 heavy (non-hydrogen) atoms. The highest BCUT2D eigenvalue weighted by atomic mass is 15.0. The second kappa shape index (κ2) is 6.37. The molecule has 3 nitrogen and oxygen atoms in total. The van der Waals surface area contributed by atoms with Crippen molar-refractivity contribution in [3.8, 4) is 22.9 Å². The minimum atomic E-state index is 0.667. The normalized spacial score (nSPS) is 11.0. The maximum atomic E-state index is 9.05. The van der Waals surface area contributed by atoms with E-state index in [0.717, 1.165) is 27.7 Å². The Labute approximate surface area is 163 Å². The van der Waals surface area contributed by atoms with E-state index in [1.165, 1.54) is 16.5 Å². The third-order valence-electron chi connectivity index (χ3n) is 5.20. The van der Waals surface area contributed by atoms with Gasteiger partial charge in [0.2, 0.25) is 0 Å². The number of pyridine rings is 1. The second-order valence-corrected chi connectivity index (χ2v) is 6.96. The predicted octanol–water partition coefficient (Wildman–Crippen LogP) is 6.03. The highest BCUT2D eigenvalue weighted by Gasteiger charge is 2.13. The van der Waals surface area contributed by atoms with Gasteiger partial charge in [0.05, 0.1) is 22.7 Å². The molecule has 0 unspecified atom stereocenters. The van der Waals surface area contributed by atoms with Crippen molar-refractivity contribution in [2.24, 2.45) is 0 Å². The van der Waals surface area contributed by atoms with Gasteiger partial charge in [-0.05, 0) is 60.5 Å². The van der Waals surface area contributed by atoms with E-state index in [9.17, 15) is 0 Å². The van der Waals surface area contributed by atoms with Gasteiger partial charge in [-0.15, -0.1) is 0 Å². The predicted molar refractivity (Wildman–Crippen MR) is 113 cm³/mol. The highest BCUT2D eigenvalue weighted by Crippen LogP contribution is 2.34. The number of nitriles is 1. The summed E-state index contributed by atoms with van der Waals surface area (Å²) in [5.74, 6) is 0. The average molecular weight is 359 g/mol. The third kappa shape index (κ3) is 2.55. The zero-order valence-corrected chi connectivity index (χ0v) is 15.4. The Hall–Kier alpha value is -3.90. The number of rotatable bonds is 2. The van der Waals surface area contributed by atoms with E-state index in [0.29, 0.717) is 5.56 Å². The smallest absolute Gasteiger partial charge is 0.0991 e. The molecule has 3 heteroatoms. The van der Waals surface area contributed by atoms with E-state index in [-0.39, 0.29) is 0 Å². The van der Waals surface area contributed by atoms with Gasteiger partial charge in [0.1, 0.15) is 0 Å². The van der Waals surface area contributed by atoms with Crippen molar-refractivity contribution in [1.29, 1.82) is 5.26 Å². The van der Waals surface area contributed by atoms with Gasteiger partial charge in [-0.3, -0.25) is 4.98 Å². The van der Waals surface area contributed by atoms with E-state index in [2.05, 4.69) is 59.1 Å². The number of benzene rings is 3. The molecular weight excluding hydrogens is 342 g/mol. The summed E-state index contributed by atoms with van der Waals surface area (Å²) in [7, 11) is 0. The molecule has 0 aliphatic heterocycles. The molecule has 0 saturated carbocycles. The van der Waals surface area contributed by atoms with E-state index in [1.807, 2.05) is 48.7 Å². The second-order valence-electron chi connectivity index (χ2n) is 6.96. The maximum absolute atomic E-state index is 9.05. The minimum absolute atomic E-state index is 0.667. The van der Waals surface area contributed by atoms with Crippen LogP contribution < -0.4 is 0 Å². The minimum Gasteiger partial charge on any atom is -0.316 e. The highest BCUT2D eigenvalue weighted by molar-refractivity contribution is 6.00. The first-order valence-corrected chi connectivity index (χ1v) is 9.21. The molecule has 0 aliphatic carbocycles. The number of fused-ring (bicyclic) bond motifs is 2. The Morgan fingerprint density at radius 2 is 1.75 bits per heavy atom. The zero-order valence-electron chi connectivity index (χ0n) is 15.4. The zero-order chi connectivity index (χ0) is 19.1. The third-order valence-corrected chi connectivity index (χ3v) is 5.20. The summed E-state index contributed by atoms with van der Waals surface area (Å²) < 4.78 is 2.18. The number of para-hydroxylation sites is 1. The molecule has 0 bridgehead atoms. The van der Waals surface area contributed by atoms with Crippen molar-refractivity contribution in [1.82, 2.24) is 9.55 Å². The maximum Gasteiger partial charge on any atom is 0.0991 e. The van der Waals surface area contributed by atoms with Crippen LogP contribution >= 0.6 is 0 Å². The van der Waals surface area contributed by atoms with Crippen LogP contribution in [0.4, 0.5) is 0 Å². The lowest BCUT2D eigenvalue weighted by atomic mass is 10.00. The standard InChI is InChI=1S/C25H17N3/c1-17-16-28(21-11-9-18(14-26)10-12-21)24-8-4-6-22(25(17)24)20-13-19-5-2-3-7-23(19)27-15-20/h2-13,15-16H,1H3. The molecule has 0 fully saturated rings. The summed E-state index contributed by atoms with van der Waals surface area (Å²) in [6.45, 7) is 2.14. The quantitative estimate of drug-likeness (QED) is 0.386. The van der Waals surface area contributed by atoms with Crippen LogP contribution in [0.1, 0.15) is 11.1 Å². The first-order valence-electron chi connectivity index (χ1n) is 9.21. The van der Waals surface area contributed by atoms with Crippen LogP contribution in [-0.2, 0) is 0 Å². The van der Waals surface area contributed by atoms with Crippen LogP contribution in [0.15, 0.2) is 85.2 Å². The van der Waals surface area contributed by atoms with Crippen molar-refractivity contribution < 1.29 is 0 Å². The first-order chi connectivity index (χ1) is 13.7. The fourth-order valence-corrected chi connectivity index (χ4v) is 3.85. The lowest BCUT2D eigenvalue weighted by Crippen LogP contribution is -1.92. The van der Waals surface area contributed by atoms with Crippen molar-refractivity contribution >= 4 is 21.8 Å². The SMILES string of the molecule is Cc1cn(-c2ccc(C#N)cc2)c2cccc(-c3cnc4ccccc4c3)c12. The molecule has 0 atom stereocenters. The molecule has 132 valence electrons. The number of aromatic nitrogens is 2. The Morgan fingerprint density at radius 3 is 2.57 bits per heavy atom. The van der Waals surface area contributed by atoms with Crippen LogP contribution in [0, 0.1) is 18.3 Å². The number of hydrogen-bond acceptors (Lipinski definition) is 2. The van der Waals surface area contributed by atoms with Crippen molar-refractivity contribution in [3.05, 3.63) is 96.3 Å². The van der Waals surface area contributed by atoms with E-state index in [1.54, 1.807) is 0 Å². The molecule has 3 aromatic carbocycles. The lowest BCUT2D eigenvalue weighted by molar-refractivity contribution is 1.12. The van der Waals surface area contributed by atoms with Crippen LogP contribution in [0.5, 0.6) is 0 Å². The monoisotopic (exact) mass is 359 g/mol. The molecule has 0 radical (unpaired) electrons. The van der Waals surface area contributed by atoms with Gasteiger partial charge in [-0.1, -0.05) is 30.3 Å². The van der Waals surface area contributed by atoms with E-state index < -0.39 is 0 Å². The number of aryl methyl sites for hydroxylation is 1. The lowest BCUT2D eigenvalue weighted by Gasteiger charge is -2.09. The summed E-state index contributed by atoms with van der Waals surface area (Å²) in [5, 5.41) is 11.4. The molecule has 0 spiro atoms. The van der Waals surface area contributed by atoms with E-state index >= 15 is 0 Å². The largest absolute Gasteiger partial charge is 0.316 e. The van der Waals surface area contributed by atoms with Crippen LogP contribution in [-0.4, -0.2) is 9.55 Å². The fraction of sp³-hybridized carbons (Fsp3) is 0.0400. The summed E-state index contributed by atoms with van der Waals surface area (Å²) in [6, 6.07) is 26.6. The molecule has 0 aliphatic rings. The number of hydrogen-bond donors (Lipinski definition) is 0. The van der Waals surface area contributed by atoms with Crippen molar-refractivity contribution in [3.63, 3.8) is 0 Å². The molecule has 2 aromatic heterocycles. The molecule has 0 N–H and O–H groups in total. The van der Waals surface area contributed by atoms with Gasteiger partial charge < -0.3 is 4.57 Å². The summed E-state index contributed by atoms with van der Waals surface area (Å²) in [4.78, 5) is 4.64. The van der Waals surface area contributed by atoms with Crippen LogP contribution in [0.25, 0.3) is 38.6 Å². The van der Waals surface area contributed by atoms with Gasteiger partial charge in [0.25, 0.3) is 0 Å². The van der Waals surface area contributed by atoms with Crippen LogP contribution in [0.3, 0.4) is 0 Å². The molecule has 0 saturated heterocycles. The topological polar surface area (TPSA) is 41.6 Å².